The number of nitrogens with two attached hydrogens (primary N) is 2. The molecule has 0 aliphatic heterocycles. The highest BCUT2D eigenvalue weighted by atomic mass is 32.1. The topological polar surface area (TPSA) is 84.9 Å². The van der Waals surface area contributed by atoms with Crippen LogP contribution in [-0.4, -0.2) is 10.9 Å². The van der Waals surface area contributed by atoms with Gasteiger partial charge in [-0.1, -0.05) is 0 Å². The minimum atomic E-state index is -0.511. The monoisotopic (exact) mass is 221 g/mol. The zero-order chi connectivity index (χ0) is 11.0. The van der Waals surface area contributed by atoms with Gasteiger partial charge >= 0.3 is 0 Å². The SMILES string of the molecule is Cc1csc(-c2cc(C(N)=O)c(N)[nH]2)c1. The van der Waals surface area contributed by atoms with Crippen molar-refractivity contribution in [2.45, 2.75) is 6.92 Å². The first kappa shape index (κ1) is 9.79. The number of anilines is 1. The van der Waals surface area contributed by atoms with Crippen molar-refractivity contribution in [2.75, 3.05) is 5.73 Å². The molecule has 0 saturated heterocycles. The van der Waals surface area contributed by atoms with E-state index < -0.39 is 5.91 Å². The number of carbonyl (C=O) groups is 1. The lowest BCUT2D eigenvalue weighted by atomic mass is 10.2. The molecule has 0 aliphatic rings. The van der Waals surface area contributed by atoms with Gasteiger partial charge in [-0.3, -0.25) is 4.79 Å². The van der Waals surface area contributed by atoms with Crippen molar-refractivity contribution in [3.63, 3.8) is 0 Å². The maximum atomic E-state index is 11.0. The molecule has 0 atom stereocenters. The third-order valence-electron chi connectivity index (χ3n) is 2.11. The third kappa shape index (κ3) is 1.73. The quantitative estimate of drug-likeness (QED) is 0.721. The van der Waals surface area contributed by atoms with Crippen LogP contribution in [0.5, 0.6) is 0 Å². The second-order valence-corrected chi connectivity index (χ2v) is 4.27. The van der Waals surface area contributed by atoms with Gasteiger partial charge in [0.1, 0.15) is 5.82 Å². The van der Waals surface area contributed by atoms with E-state index in [1.165, 1.54) is 5.56 Å². The van der Waals surface area contributed by atoms with Crippen molar-refractivity contribution < 1.29 is 4.79 Å². The summed E-state index contributed by atoms with van der Waals surface area (Å²) in [5.41, 5.74) is 13.2. The largest absolute Gasteiger partial charge is 0.385 e. The molecule has 0 aromatic carbocycles. The first-order valence-electron chi connectivity index (χ1n) is 4.41. The van der Waals surface area contributed by atoms with E-state index in [4.69, 9.17) is 11.5 Å². The van der Waals surface area contributed by atoms with Gasteiger partial charge in [0.2, 0.25) is 0 Å². The van der Waals surface area contributed by atoms with Crippen LogP contribution in [-0.2, 0) is 0 Å². The van der Waals surface area contributed by atoms with Crippen LogP contribution in [0.4, 0.5) is 5.82 Å². The standard InChI is InChI=1S/C10H11N3OS/c1-5-2-8(15-4-5)7-3-6(10(12)14)9(11)13-7/h2-4,13H,11H2,1H3,(H2,12,14). The summed E-state index contributed by atoms with van der Waals surface area (Å²) >= 11 is 1.60. The van der Waals surface area contributed by atoms with Crippen molar-refractivity contribution >= 4 is 23.1 Å². The number of amides is 1. The predicted molar refractivity (Wildman–Crippen MR) is 61.8 cm³/mol. The molecule has 2 aromatic rings. The predicted octanol–water partition coefficient (Wildman–Crippen LogP) is 1.73. The zero-order valence-corrected chi connectivity index (χ0v) is 9.02. The van der Waals surface area contributed by atoms with Gasteiger partial charge in [-0.05, 0) is 30.0 Å². The molecule has 0 unspecified atom stereocenters. The fourth-order valence-electron chi connectivity index (χ4n) is 1.38. The van der Waals surface area contributed by atoms with E-state index in [0.717, 1.165) is 10.6 Å². The van der Waals surface area contributed by atoms with E-state index in [2.05, 4.69) is 4.98 Å². The van der Waals surface area contributed by atoms with Crippen molar-refractivity contribution in [1.82, 2.24) is 4.98 Å². The Morgan fingerprint density at radius 3 is 2.67 bits per heavy atom. The fraction of sp³-hybridized carbons (Fsp3) is 0.100. The van der Waals surface area contributed by atoms with Crippen LogP contribution in [0, 0.1) is 6.92 Å². The average molecular weight is 221 g/mol. The maximum absolute atomic E-state index is 11.0. The molecule has 0 aliphatic carbocycles. The van der Waals surface area contributed by atoms with Gasteiger partial charge in [0.05, 0.1) is 16.1 Å². The summed E-state index contributed by atoms with van der Waals surface area (Å²) in [5, 5.41) is 2.04. The van der Waals surface area contributed by atoms with E-state index >= 15 is 0 Å². The number of hydrogen-bond acceptors (Lipinski definition) is 3. The molecule has 1 amide bonds. The second kappa shape index (κ2) is 3.43. The molecular formula is C10H11N3OS. The number of aromatic nitrogens is 1. The van der Waals surface area contributed by atoms with Gasteiger partial charge in [-0.2, -0.15) is 0 Å². The van der Waals surface area contributed by atoms with Crippen LogP contribution >= 0.6 is 11.3 Å². The molecule has 78 valence electrons. The number of nitrogens with one attached hydrogen (secondary N) is 1. The summed E-state index contributed by atoms with van der Waals surface area (Å²) in [7, 11) is 0. The summed E-state index contributed by atoms with van der Waals surface area (Å²) in [4.78, 5) is 15.0. The number of hydrogen-bond donors (Lipinski definition) is 3. The number of thiophene rings is 1. The van der Waals surface area contributed by atoms with Crippen LogP contribution in [0.15, 0.2) is 17.5 Å². The van der Waals surface area contributed by atoms with Crippen molar-refractivity contribution in [1.29, 1.82) is 0 Å². The highest BCUT2D eigenvalue weighted by Gasteiger charge is 2.12. The van der Waals surface area contributed by atoms with Crippen LogP contribution < -0.4 is 11.5 Å². The minimum absolute atomic E-state index is 0.323. The summed E-state index contributed by atoms with van der Waals surface area (Å²) < 4.78 is 0. The van der Waals surface area contributed by atoms with Crippen LogP contribution in [0.2, 0.25) is 0 Å². The highest BCUT2D eigenvalue weighted by Crippen LogP contribution is 2.28. The number of aryl methyl sites for hydroxylation is 1. The third-order valence-corrected chi connectivity index (χ3v) is 3.19. The summed E-state index contributed by atoms with van der Waals surface area (Å²) in [6.45, 7) is 2.02. The zero-order valence-electron chi connectivity index (χ0n) is 8.20. The molecule has 0 spiro atoms. The summed E-state index contributed by atoms with van der Waals surface area (Å²) in [6.07, 6.45) is 0. The lowest BCUT2D eigenvalue weighted by molar-refractivity contribution is 0.100. The molecule has 2 heterocycles. The first-order chi connectivity index (χ1) is 7.08. The normalized spacial score (nSPS) is 10.5. The first-order valence-corrected chi connectivity index (χ1v) is 5.29. The number of carbonyl (C=O) groups excluding carboxylic acids is 1. The Bertz CT molecular complexity index is 512. The van der Waals surface area contributed by atoms with E-state index in [1.54, 1.807) is 17.4 Å². The van der Waals surface area contributed by atoms with Gasteiger partial charge in [0.15, 0.2) is 0 Å². The fourth-order valence-corrected chi connectivity index (χ4v) is 2.25. The van der Waals surface area contributed by atoms with E-state index in [0.29, 0.717) is 11.4 Å². The summed E-state index contributed by atoms with van der Waals surface area (Å²) in [6, 6.07) is 3.71. The van der Waals surface area contributed by atoms with E-state index in [-0.39, 0.29) is 0 Å². The summed E-state index contributed by atoms with van der Waals surface area (Å²) in [5.74, 6) is -0.188. The molecule has 5 heteroatoms. The Balaban J connectivity index is 2.46. The molecular weight excluding hydrogens is 210 g/mol. The van der Waals surface area contributed by atoms with Gasteiger partial charge in [0, 0.05) is 0 Å². The molecule has 0 fully saturated rings. The smallest absolute Gasteiger partial charge is 0.252 e. The Morgan fingerprint density at radius 2 is 2.20 bits per heavy atom. The number of primary amides is 1. The molecule has 5 N–H and O–H groups in total. The van der Waals surface area contributed by atoms with Crippen LogP contribution in [0.1, 0.15) is 15.9 Å². The Morgan fingerprint density at radius 1 is 1.47 bits per heavy atom. The minimum Gasteiger partial charge on any atom is -0.385 e. The van der Waals surface area contributed by atoms with E-state index in [9.17, 15) is 4.79 Å². The Kier molecular flexibility index (Phi) is 2.24. The molecule has 4 nitrogen and oxygen atoms in total. The van der Waals surface area contributed by atoms with Crippen LogP contribution in [0.3, 0.4) is 0 Å². The lowest BCUT2D eigenvalue weighted by Gasteiger charge is -1.89. The maximum Gasteiger partial charge on any atom is 0.252 e. The van der Waals surface area contributed by atoms with Gasteiger partial charge in [-0.15, -0.1) is 11.3 Å². The number of nitrogen functional groups attached to an aromatic ring is 1. The molecule has 0 radical (unpaired) electrons. The van der Waals surface area contributed by atoms with Crippen molar-refractivity contribution in [3.8, 4) is 10.6 Å². The van der Waals surface area contributed by atoms with Gasteiger partial charge in [0.25, 0.3) is 5.91 Å². The molecule has 0 saturated carbocycles. The Hall–Kier alpha value is -1.75. The Labute approximate surface area is 90.9 Å². The molecule has 0 bridgehead atoms. The molecule has 2 rings (SSSR count). The highest BCUT2D eigenvalue weighted by molar-refractivity contribution is 7.13. The molecule has 15 heavy (non-hydrogen) atoms. The lowest BCUT2D eigenvalue weighted by Crippen LogP contribution is -2.11. The average Bonchev–Trinajstić information content (AvgIpc) is 2.71. The van der Waals surface area contributed by atoms with Crippen molar-refractivity contribution in [3.05, 3.63) is 28.6 Å². The van der Waals surface area contributed by atoms with Crippen LogP contribution in [0.25, 0.3) is 10.6 Å². The van der Waals surface area contributed by atoms with Crippen molar-refractivity contribution in [2.24, 2.45) is 5.73 Å². The van der Waals surface area contributed by atoms with Gasteiger partial charge < -0.3 is 16.5 Å². The molecule has 2 aromatic heterocycles. The van der Waals surface area contributed by atoms with E-state index in [1.807, 2.05) is 18.4 Å². The number of aromatic amines is 1. The number of H-pyrrole nitrogens is 1. The van der Waals surface area contributed by atoms with Gasteiger partial charge in [-0.25, -0.2) is 0 Å². The second-order valence-electron chi connectivity index (χ2n) is 3.36. The number of rotatable bonds is 2.